The minimum absolute atomic E-state index is 0.0989. The molecule has 1 fully saturated rings. The Morgan fingerprint density at radius 2 is 1.09 bits per heavy atom. The summed E-state index contributed by atoms with van der Waals surface area (Å²) in [4.78, 5) is 0. The number of aryl methyl sites for hydroxylation is 2. The van der Waals surface area contributed by atoms with E-state index in [0.29, 0.717) is 0 Å². The van der Waals surface area contributed by atoms with Gasteiger partial charge in [-0.3, -0.25) is 0 Å². The maximum Gasteiger partial charge on any atom is 0.178 e. The molecule has 5 nitrogen and oxygen atoms in total. The lowest BCUT2D eigenvalue weighted by atomic mass is 9.52. The number of methoxy groups -OCH3 is 4. The smallest absolute Gasteiger partial charge is 0.178 e. The molecule has 9 rings (SSSR count). The van der Waals surface area contributed by atoms with Crippen LogP contribution in [-0.4, -0.2) is 28.4 Å². The highest BCUT2D eigenvalue weighted by atomic mass is 16.5. The van der Waals surface area contributed by atoms with Crippen molar-refractivity contribution in [1.82, 2.24) is 0 Å². The fourth-order valence-corrected chi connectivity index (χ4v) is 11.4. The summed E-state index contributed by atoms with van der Waals surface area (Å²) in [7, 11) is 6.90. The average molecular weight is 771 g/mol. The summed E-state index contributed by atoms with van der Waals surface area (Å²) in [6, 6.07) is 34.6. The Morgan fingerprint density at radius 1 is 0.534 bits per heavy atom. The van der Waals surface area contributed by atoms with Crippen LogP contribution in [0.4, 0.5) is 0 Å². The van der Waals surface area contributed by atoms with Crippen molar-refractivity contribution in [3.63, 3.8) is 0 Å². The molecule has 3 aliphatic rings. The van der Waals surface area contributed by atoms with Gasteiger partial charge in [-0.25, -0.2) is 0 Å². The predicted molar refractivity (Wildman–Crippen MR) is 236 cm³/mol. The molecule has 0 aromatic heterocycles. The molecule has 0 amide bonds. The molecule has 296 valence electrons. The van der Waals surface area contributed by atoms with Crippen LogP contribution in [0.5, 0.6) is 28.7 Å². The van der Waals surface area contributed by atoms with Crippen LogP contribution in [0.1, 0.15) is 85.9 Å². The average Bonchev–Trinajstić information content (AvgIpc) is 3.46. The van der Waals surface area contributed by atoms with Crippen molar-refractivity contribution in [2.75, 3.05) is 28.4 Å². The van der Waals surface area contributed by atoms with Gasteiger partial charge in [0, 0.05) is 38.6 Å². The molecule has 1 heterocycles. The standard InChI is InChI=1S/C53H54O5/c1-32-12-22-39-44(25-32)52(30-50(3,4)29-51(5,6)31-52)48-40-23-24-53(34-13-17-36(54-7)18-14-34,35-15-19-37(55-8)20-16-35)58-49(40)43-28-46(57-10)41(27-42(43)47(39)48)38-21-11-33(2)26-45(38)56-9/h11-28H,29-31H2,1-10H3. The molecular formula is C53H54O5. The first-order valence-corrected chi connectivity index (χ1v) is 20.4. The lowest BCUT2D eigenvalue weighted by molar-refractivity contribution is 0.0641. The summed E-state index contributed by atoms with van der Waals surface area (Å²) < 4.78 is 31.4. The molecule has 6 aromatic rings. The monoisotopic (exact) mass is 770 g/mol. The second kappa shape index (κ2) is 13.4. The molecule has 0 atom stereocenters. The fourth-order valence-electron chi connectivity index (χ4n) is 11.4. The number of ether oxygens (including phenoxy) is 5. The second-order valence-corrected chi connectivity index (χ2v) is 18.4. The van der Waals surface area contributed by atoms with E-state index in [1.165, 1.54) is 27.8 Å². The Balaban J connectivity index is 1.43. The molecule has 0 unspecified atom stereocenters. The van der Waals surface area contributed by atoms with Gasteiger partial charge in [-0.1, -0.05) is 93.9 Å². The van der Waals surface area contributed by atoms with Gasteiger partial charge in [-0.05, 0) is 126 Å². The first-order chi connectivity index (χ1) is 27.7. The minimum atomic E-state index is -0.959. The fraction of sp³-hybridized carbons (Fsp3) is 0.321. The van der Waals surface area contributed by atoms with Crippen LogP contribution in [0.15, 0.2) is 103 Å². The first-order valence-electron chi connectivity index (χ1n) is 20.4. The molecule has 1 saturated carbocycles. The summed E-state index contributed by atoms with van der Waals surface area (Å²) in [5.41, 5.74) is 11.9. The lowest BCUT2D eigenvalue weighted by Crippen LogP contribution is -2.44. The molecular weight excluding hydrogens is 717 g/mol. The maximum absolute atomic E-state index is 7.79. The SMILES string of the molecule is COc1ccc(C2(c3ccc(OC)cc3)C=Cc3c4c(c5cc(-c6ccc(C)cc6OC)c(OC)cc5c3O2)-c2ccc(C)cc2C42CC(C)(C)CC(C)(C)C2)cc1. The highest BCUT2D eigenvalue weighted by molar-refractivity contribution is 6.11. The van der Waals surface area contributed by atoms with E-state index in [9.17, 15) is 0 Å². The van der Waals surface area contributed by atoms with Gasteiger partial charge in [0.05, 0.1) is 28.4 Å². The van der Waals surface area contributed by atoms with E-state index >= 15 is 0 Å². The van der Waals surface area contributed by atoms with Crippen LogP contribution in [0.3, 0.4) is 0 Å². The predicted octanol–water partition coefficient (Wildman–Crippen LogP) is 13.0. The largest absolute Gasteiger partial charge is 0.497 e. The number of fused-ring (bicyclic) bond motifs is 10. The van der Waals surface area contributed by atoms with E-state index < -0.39 is 5.60 Å². The van der Waals surface area contributed by atoms with Gasteiger partial charge in [0.15, 0.2) is 5.60 Å². The van der Waals surface area contributed by atoms with Crippen LogP contribution < -0.4 is 23.7 Å². The quantitative estimate of drug-likeness (QED) is 0.162. The van der Waals surface area contributed by atoms with Crippen molar-refractivity contribution in [1.29, 1.82) is 0 Å². The summed E-state index contributed by atoms with van der Waals surface area (Å²) >= 11 is 0. The zero-order valence-corrected chi connectivity index (χ0v) is 35.6. The third-order valence-electron chi connectivity index (χ3n) is 13.0. The van der Waals surface area contributed by atoms with E-state index in [1.54, 1.807) is 28.4 Å². The van der Waals surface area contributed by atoms with Crippen LogP contribution in [0.2, 0.25) is 0 Å². The number of rotatable bonds is 7. The van der Waals surface area contributed by atoms with Crippen molar-refractivity contribution in [3.8, 4) is 51.0 Å². The topological polar surface area (TPSA) is 46.2 Å². The van der Waals surface area contributed by atoms with Gasteiger partial charge >= 0.3 is 0 Å². The van der Waals surface area contributed by atoms with Crippen molar-refractivity contribution in [3.05, 3.63) is 142 Å². The Morgan fingerprint density at radius 3 is 1.66 bits per heavy atom. The van der Waals surface area contributed by atoms with E-state index in [4.69, 9.17) is 23.7 Å². The van der Waals surface area contributed by atoms with Crippen molar-refractivity contribution < 1.29 is 23.7 Å². The van der Waals surface area contributed by atoms with Gasteiger partial charge in [-0.15, -0.1) is 0 Å². The third kappa shape index (κ3) is 5.80. The van der Waals surface area contributed by atoms with Crippen LogP contribution in [0, 0.1) is 24.7 Å². The summed E-state index contributed by atoms with van der Waals surface area (Å²) in [5.74, 6) is 4.00. The molecule has 2 aliphatic carbocycles. The van der Waals surface area contributed by atoms with E-state index in [-0.39, 0.29) is 16.2 Å². The molecule has 6 aromatic carbocycles. The normalized spacial score (nSPS) is 17.6. The van der Waals surface area contributed by atoms with Crippen LogP contribution in [-0.2, 0) is 11.0 Å². The highest BCUT2D eigenvalue weighted by Gasteiger charge is 2.55. The molecule has 58 heavy (non-hydrogen) atoms. The summed E-state index contributed by atoms with van der Waals surface area (Å²) in [6.07, 6.45) is 7.87. The summed E-state index contributed by atoms with van der Waals surface area (Å²) in [6.45, 7) is 14.2. The van der Waals surface area contributed by atoms with E-state index in [2.05, 4.69) is 126 Å². The van der Waals surface area contributed by atoms with Crippen LogP contribution in [0.25, 0.3) is 39.1 Å². The maximum atomic E-state index is 7.79. The molecule has 0 bridgehead atoms. The van der Waals surface area contributed by atoms with Gasteiger partial charge in [0.1, 0.15) is 28.7 Å². The molecule has 1 aliphatic heterocycles. The Labute approximate surface area is 343 Å². The molecule has 5 heteroatoms. The zero-order valence-electron chi connectivity index (χ0n) is 35.6. The van der Waals surface area contributed by atoms with E-state index in [0.717, 1.165) is 92.2 Å². The zero-order chi connectivity index (χ0) is 40.8. The number of hydrogen-bond donors (Lipinski definition) is 0. The van der Waals surface area contributed by atoms with Gasteiger partial charge in [-0.2, -0.15) is 0 Å². The van der Waals surface area contributed by atoms with E-state index in [1.807, 2.05) is 24.3 Å². The Hall–Kier alpha value is -5.68. The molecule has 0 N–H and O–H groups in total. The van der Waals surface area contributed by atoms with Gasteiger partial charge in [0.25, 0.3) is 0 Å². The van der Waals surface area contributed by atoms with Gasteiger partial charge < -0.3 is 23.7 Å². The number of hydrogen-bond acceptors (Lipinski definition) is 5. The second-order valence-electron chi connectivity index (χ2n) is 18.4. The summed E-state index contributed by atoms with van der Waals surface area (Å²) in [5, 5.41) is 2.15. The number of benzene rings is 6. The van der Waals surface area contributed by atoms with Gasteiger partial charge in [0.2, 0.25) is 0 Å². The van der Waals surface area contributed by atoms with Crippen LogP contribution >= 0.6 is 0 Å². The minimum Gasteiger partial charge on any atom is -0.497 e. The lowest BCUT2D eigenvalue weighted by Gasteiger charge is -2.52. The molecule has 0 saturated heterocycles. The Kier molecular flexibility index (Phi) is 8.78. The first kappa shape index (κ1) is 37.9. The highest BCUT2D eigenvalue weighted by Crippen LogP contribution is 2.67. The Bertz CT molecular complexity index is 2560. The van der Waals surface area contributed by atoms with Crippen molar-refractivity contribution >= 4 is 16.8 Å². The third-order valence-corrected chi connectivity index (χ3v) is 13.0. The molecule has 1 spiro atoms. The van der Waals surface area contributed by atoms with Crippen molar-refractivity contribution in [2.24, 2.45) is 10.8 Å². The molecule has 0 radical (unpaired) electrons. The van der Waals surface area contributed by atoms with Crippen molar-refractivity contribution in [2.45, 2.75) is 71.8 Å².